The summed E-state index contributed by atoms with van der Waals surface area (Å²) in [6.07, 6.45) is 1.23. The fraction of sp³-hybridized carbons (Fsp3) is 0.409. The molecule has 0 N–H and O–H groups in total. The molecule has 0 aliphatic heterocycles. The largest absolute Gasteiger partial charge is 0.334 e. The molecule has 0 spiro atoms. The number of sulfone groups is 1. The van der Waals surface area contributed by atoms with Crippen LogP contribution in [0.1, 0.15) is 31.0 Å². The Balaban J connectivity index is 2.24. The lowest BCUT2D eigenvalue weighted by atomic mass is 9.97. The van der Waals surface area contributed by atoms with Crippen molar-refractivity contribution in [2.45, 2.75) is 25.9 Å². The number of rotatable bonds is 9. The van der Waals surface area contributed by atoms with Gasteiger partial charge in [-0.3, -0.25) is 9.69 Å². The Morgan fingerprint density at radius 3 is 1.82 bits per heavy atom. The van der Waals surface area contributed by atoms with Gasteiger partial charge in [-0.1, -0.05) is 67.6 Å². The average molecular weight is 403 g/mol. The van der Waals surface area contributed by atoms with Crippen LogP contribution < -0.4 is 0 Å². The molecule has 2 aromatic rings. The zero-order valence-electron chi connectivity index (χ0n) is 17.1. The monoisotopic (exact) mass is 402 g/mol. The fourth-order valence-electron chi connectivity index (χ4n) is 3.46. The molecule has 1 unspecified atom stereocenters. The number of likely N-dealkylation sites (N-methyl/N-ethyl adjacent to an activating group) is 2. The van der Waals surface area contributed by atoms with Crippen molar-refractivity contribution in [2.24, 2.45) is 0 Å². The summed E-state index contributed by atoms with van der Waals surface area (Å²) in [6, 6.07) is 19.5. The maximum Gasteiger partial charge on any atom is 0.237 e. The summed E-state index contributed by atoms with van der Waals surface area (Å²) in [4.78, 5) is 16.8. The quantitative estimate of drug-likeness (QED) is 0.647. The highest BCUT2D eigenvalue weighted by molar-refractivity contribution is 7.90. The van der Waals surface area contributed by atoms with Crippen molar-refractivity contribution in [1.29, 1.82) is 0 Å². The molecule has 0 heterocycles. The van der Waals surface area contributed by atoms with Crippen LogP contribution >= 0.6 is 0 Å². The van der Waals surface area contributed by atoms with E-state index >= 15 is 0 Å². The summed E-state index contributed by atoms with van der Waals surface area (Å²) in [5, 5.41) is 0. The van der Waals surface area contributed by atoms with Crippen molar-refractivity contribution in [3.05, 3.63) is 71.8 Å². The molecule has 0 saturated carbocycles. The van der Waals surface area contributed by atoms with Crippen LogP contribution in [0.3, 0.4) is 0 Å². The summed E-state index contributed by atoms with van der Waals surface area (Å²) in [6.45, 7) is 4.58. The maximum absolute atomic E-state index is 13.1. The van der Waals surface area contributed by atoms with Gasteiger partial charge in [-0.2, -0.15) is 0 Å². The Labute approximate surface area is 168 Å². The molecule has 0 aliphatic carbocycles. The van der Waals surface area contributed by atoms with Gasteiger partial charge in [-0.15, -0.1) is 0 Å². The highest BCUT2D eigenvalue weighted by Gasteiger charge is 2.26. The Morgan fingerprint density at radius 2 is 1.43 bits per heavy atom. The molecule has 0 aromatic heterocycles. The van der Waals surface area contributed by atoms with Gasteiger partial charge in [0, 0.05) is 19.3 Å². The van der Waals surface area contributed by atoms with Crippen LogP contribution in [0.2, 0.25) is 0 Å². The van der Waals surface area contributed by atoms with Gasteiger partial charge in [0.05, 0.1) is 18.3 Å². The van der Waals surface area contributed by atoms with E-state index in [9.17, 15) is 13.2 Å². The average Bonchev–Trinajstić information content (AvgIpc) is 2.66. The van der Waals surface area contributed by atoms with Crippen molar-refractivity contribution >= 4 is 15.7 Å². The molecule has 0 aliphatic rings. The summed E-state index contributed by atoms with van der Waals surface area (Å²) in [5.74, 6) is -0.00144. The predicted molar refractivity (Wildman–Crippen MR) is 114 cm³/mol. The number of hydrogen-bond donors (Lipinski definition) is 0. The first-order valence-electron chi connectivity index (χ1n) is 9.50. The van der Waals surface area contributed by atoms with E-state index in [1.807, 2.05) is 86.5 Å². The number of carbonyl (C=O) groups is 1. The molecule has 0 radical (unpaired) electrons. The van der Waals surface area contributed by atoms with Crippen LogP contribution in [0.15, 0.2) is 60.7 Å². The normalized spacial score (nSPS) is 12.9. The third kappa shape index (κ3) is 6.17. The van der Waals surface area contributed by atoms with Gasteiger partial charge in [0.2, 0.25) is 5.91 Å². The van der Waals surface area contributed by atoms with Crippen molar-refractivity contribution in [1.82, 2.24) is 9.80 Å². The van der Waals surface area contributed by atoms with Gasteiger partial charge in [-0.05, 0) is 24.6 Å². The molecule has 6 heteroatoms. The third-order valence-electron chi connectivity index (χ3n) is 4.92. The van der Waals surface area contributed by atoms with Crippen molar-refractivity contribution < 1.29 is 13.2 Å². The minimum atomic E-state index is -3.10. The van der Waals surface area contributed by atoms with Gasteiger partial charge >= 0.3 is 0 Å². The predicted octanol–water partition coefficient (Wildman–Crippen LogP) is 2.99. The first-order chi connectivity index (χ1) is 13.2. The molecular weight excluding hydrogens is 372 g/mol. The summed E-state index contributed by atoms with van der Waals surface area (Å²) in [7, 11) is -1.30. The zero-order chi connectivity index (χ0) is 20.7. The highest BCUT2D eigenvalue weighted by atomic mass is 32.2. The lowest BCUT2D eigenvalue weighted by Crippen LogP contribution is -2.45. The van der Waals surface area contributed by atoms with E-state index in [0.29, 0.717) is 6.54 Å². The summed E-state index contributed by atoms with van der Waals surface area (Å²) >= 11 is 0. The van der Waals surface area contributed by atoms with Crippen LogP contribution in [0.5, 0.6) is 0 Å². The zero-order valence-corrected chi connectivity index (χ0v) is 17.9. The van der Waals surface area contributed by atoms with E-state index in [1.54, 1.807) is 4.90 Å². The molecule has 0 saturated heterocycles. The molecule has 1 atom stereocenters. The smallest absolute Gasteiger partial charge is 0.237 e. The number of hydrogen-bond acceptors (Lipinski definition) is 4. The van der Waals surface area contributed by atoms with Crippen LogP contribution in [0.25, 0.3) is 0 Å². The summed E-state index contributed by atoms with van der Waals surface area (Å²) < 4.78 is 23.3. The maximum atomic E-state index is 13.1. The third-order valence-corrected chi connectivity index (χ3v) is 6.01. The van der Waals surface area contributed by atoms with E-state index in [4.69, 9.17) is 0 Å². The minimum absolute atomic E-state index is 0.0403. The van der Waals surface area contributed by atoms with Gasteiger partial charge in [0.25, 0.3) is 0 Å². The molecule has 0 fully saturated rings. The van der Waals surface area contributed by atoms with E-state index in [1.165, 1.54) is 6.26 Å². The van der Waals surface area contributed by atoms with Crippen molar-refractivity contribution in [2.75, 3.05) is 32.1 Å². The standard InChI is InChI=1S/C22H30N2O3S/c1-5-24(18(2)17-28(4,26)27)16-21(25)23(3)22(19-12-8-6-9-13-19)20-14-10-7-11-15-20/h6-15,18,22H,5,16-17H2,1-4H3. The molecule has 28 heavy (non-hydrogen) atoms. The fourth-order valence-corrected chi connectivity index (χ4v) is 4.55. The van der Waals surface area contributed by atoms with Crippen LogP contribution in [-0.2, 0) is 14.6 Å². The van der Waals surface area contributed by atoms with Crippen LogP contribution in [0.4, 0.5) is 0 Å². The van der Waals surface area contributed by atoms with Gasteiger partial charge in [0.1, 0.15) is 9.84 Å². The second-order valence-electron chi connectivity index (χ2n) is 7.23. The molecule has 2 rings (SSSR count). The van der Waals surface area contributed by atoms with E-state index in [2.05, 4.69) is 0 Å². The minimum Gasteiger partial charge on any atom is -0.334 e. The Morgan fingerprint density at radius 1 is 0.964 bits per heavy atom. The first kappa shape index (κ1) is 22.1. The van der Waals surface area contributed by atoms with Crippen LogP contribution in [0, 0.1) is 0 Å². The molecule has 5 nitrogen and oxygen atoms in total. The van der Waals surface area contributed by atoms with E-state index in [0.717, 1.165) is 11.1 Å². The van der Waals surface area contributed by atoms with Crippen molar-refractivity contribution in [3.8, 4) is 0 Å². The topological polar surface area (TPSA) is 57.7 Å². The van der Waals surface area contributed by atoms with Crippen LogP contribution in [-0.4, -0.2) is 62.3 Å². The Hall–Kier alpha value is -2.18. The second kappa shape index (κ2) is 9.85. The summed E-state index contributed by atoms with van der Waals surface area (Å²) in [5.41, 5.74) is 2.08. The highest BCUT2D eigenvalue weighted by Crippen LogP contribution is 2.27. The van der Waals surface area contributed by atoms with E-state index < -0.39 is 9.84 Å². The Bertz CT molecular complexity index is 814. The second-order valence-corrected chi connectivity index (χ2v) is 9.42. The molecule has 2 aromatic carbocycles. The lowest BCUT2D eigenvalue weighted by molar-refractivity contribution is -0.133. The van der Waals surface area contributed by atoms with Gasteiger partial charge in [-0.25, -0.2) is 8.42 Å². The number of amides is 1. The lowest BCUT2D eigenvalue weighted by Gasteiger charge is -2.33. The van der Waals surface area contributed by atoms with Gasteiger partial charge in [0.15, 0.2) is 0 Å². The molecular formula is C22H30N2O3S. The molecule has 1 amide bonds. The van der Waals surface area contributed by atoms with Crippen molar-refractivity contribution in [3.63, 3.8) is 0 Å². The SMILES string of the molecule is CCN(CC(=O)N(C)C(c1ccccc1)c1ccccc1)C(C)CS(C)(=O)=O. The Kier molecular flexibility index (Phi) is 7.78. The van der Waals surface area contributed by atoms with E-state index in [-0.39, 0.29) is 30.3 Å². The number of benzene rings is 2. The van der Waals surface area contributed by atoms with Gasteiger partial charge < -0.3 is 4.90 Å². The first-order valence-corrected chi connectivity index (χ1v) is 11.6. The number of nitrogens with zero attached hydrogens (tertiary/aromatic N) is 2. The molecule has 0 bridgehead atoms. The number of carbonyl (C=O) groups excluding carboxylic acids is 1. The molecule has 152 valence electrons.